The van der Waals surface area contributed by atoms with Crippen LogP contribution in [0.3, 0.4) is 0 Å². The first-order valence-electron chi connectivity index (χ1n) is 8.13. The Labute approximate surface area is 146 Å². The number of benzene rings is 2. The van der Waals surface area contributed by atoms with E-state index in [-0.39, 0.29) is 6.79 Å². The fraction of sp³-hybridized carbons (Fsp3) is 0.250. The molecule has 0 saturated carbocycles. The highest BCUT2D eigenvalue weighted by Gasteiger charge is 2.21. The average molecular weight is 336 g/mol. The Morgan fingerprint density at radius 3 is 2.68 bits per heavy atom. The lowest BCUT2D eigenvalue weighted by Gasteiger charge is -2.14. The lowest BCUT2D eigenvalue weighted by molar-refractivity contribution is 0.171. The number of hydrogen-bond donors (Lipinski definition) is 0. The van der Waals surface area contributed by atoms with Gasteiger partial charge in [-0.25, -0.2) is 4.98 Å². The highest BCUT2D eigenvalue weighted by molar-refractivity contribution is 5.88. The van der Waals surface area contributed by atoms with Crippen LogP contribution in [0.4, 0.5) is 5.69 Å². The smallest absolute Gasteiger partial charge is 0.231 e. The number of methoxy groups -OCH3 is 1. The van der Waals surface area contributed by atoms with Crippen LogP contribution < -0.4 is 19.1 Å². The summed E-state index contributed by atoms with van der Waals surface area (Å²) in [5.41, 5.74) is 5.15. The third kappa shape index (κ3) is 2.61. The molecule has 0 radical (unpaired) electrons. The summed E-state index contributed by atoms with van der Waals surface area (Å²) < 4.78 is 16.4. The van der Waals surface area contributed by atoms with E-state index in [1.54, 1.807) is 7.11 Å². The Bertz CT molecular complexity index is 967. The molecular weight excluding hydrogens is 316 g/mol. The standard InChI is InChI=1S/C20H20N2O3/c1-12-7-17(21-16-6-5-14(22(2)3)10-15(12)16)13-8-18(23-4)20-19(9-13)24-11-25-20/h5-10H,11H2,1-4H3. The van der Waals surface area contributed by atoms with Gasteiger partial charge in [0.05, 0.1) is 18.3 Å². The zero-order chi connectivity index (χ0) is 17.6. The van der Waals surface area contributed by atoms with Gasteiger partial charge in [0.1, 0.15) is 0 Å². The molecule has 4 rings (SSSR count). The normalized spacial score (nSPS) is 12.5. The van der Waals surface area contributed by atoms with Crippen LogP contribution in [-0.4, -0.2) is 33.0 Å². The number of rotatable bonds is 3. The number of aryl methyl sites for hydroxylation is 1. The van der Waals surface area contributed by atoms with Crippen molar-refractivity contribution in [2.75, 3.05) is 32.9 Å². The summed E-state index contributed by atoms with van der Waals surface area (Å²) in [5, 5.41) is 1.16. The van der Waals surface area contributed by atoms with E-state index in [0.29, 0.717) is 17.2 Å². The molecule has 0 bridgehead atoms. The zero-order valence-corrected chi connectivity index (χ0v) is 14.8. The average Bonchev–Trinajstić information content (AvgIpc) is 3.09. The van der Waals surface area contributed by atoms with E-state index in [2.05, 4.69) is 36.1 Å². The number of anilines is 1. The van der Waals surface area contributed by atoms with Crippen molar-refractivity contribution < 1.29 is 14.2 Å². The molecule has 0 aliphatic carbocycles. The monoisotopic (exact) mass is 336 g/mol. The minimum atomic E-state index is 0.215. The number of nitrogens with zero attached hydrogens (tertiary/aromatic N) is 2. The molecule has 128 valence electrons. The predicted molar refractivity (Wildman–Crippen MR) is 98.9 cm³/mol. The molecule has 3 aromatic rings. The first-order valence-corrected chi connectivity index (χ1v) is 8.13. The van der Waals surface area contributed by atoms with Crippen LogP contribution in [0.2, 0.25) is 0 Å². The molecule has 1 aromatic heterocycles. The third-order valence-electron chi connectivity index (χ3n) is 4.47. The zero-order valence-electron chi connectivity index (χ0n) is 14.8. The van der Waals surface area contributed by atoms with Gasteiger partial charge in [-0.3, -0.25) is 0 Å². The molecule has 0 fully saturated rings. The predicted octanol–water partition coefficient (Wildman–Crippen LogP) is 4.01. The van der Waals surface area contributed by atoms with Gasteiger partial charge in [0, 0.05) is 30.7 Å². The summed E-state index contributed by atoms with van der Waals surface area (Å²) in [7, 11) is 5.71. The van der Waals surface area contributed by atoms with Gasteiger partial charge in [-0.15, -0.1) is 0 Å². The molecule has 0 amide bonds. The fourth-order valence-electron chi connectivity index (χ4n) is 3.09. The quantitative estimate of drug-likeness (QED) is 0.723. The highest BCUT2D eigenvalue weighted by atomic mass is 16.7. The Hall–Kier alpha value is -2.95. The van der Waals surface area contributed by atoms with Crippen molar-refractivity contribution >= 4 is 16.6 Å². The summed E-state index contributed by atoms with van der Waals surface area (Å²) in [5.74, 6) is 2.00. The van der Waals surface area contributed by atoms with Crippen molar-refractivity contribution in [2.24, 2.45) is 0 Å². The molecule has 2 aromatic carbocycles. The molecule has 0 N–H and O–H groups in total. The minimum Gasteiger partial charge on any atom is -0.493 e. The maximum Gasteiger partial charge on any atom is 0.231 e. The molecular formula is C20H20N2O3. The van der Waals surface area contributed by atoms with Crippen LogP contribution in [0.25, 0.3) is 22.2 Å². The number of fused-ring (bicyclic) bond motifs is 2. The van der Waals surface area contributed by atoms with Gasteiger partial charge in [-0.05, 0) is 48.9 Å². The highest BCUT2D eigenvalue weighted by Crippen LogP contribution is 2.44. The van der Waals surface area contributed by atoms with E-state index in [4.69, 9.17) is 19.2 Å². The van der Waals surface area contributed by atoms with Crippen LogP contribution in [0, 0.1) is 6.92 Å². The van der Waals surface area contributed by atoms with E-state index in [1.807, 2.05) is 26.2 Å². The first-order chi connectivity index (χ1) is 12.1. The number of hydrogen-bond acceptors (Lipinski definition) is 5. The van der Waals surface area contributed by atoms with Crippen molar-refractivity contribution in [1.29, 1.82) is 0 Å². The maximum atomic E-state index is 5.53. The van der Waals surface area contributed by atoms with Gasteiger partial charge in [-0.1, -0.05) is 0 Å². The summed E-state index contributed by atoms with van der Waals surface area (Å²) in [4.78, 5) is 6.93. The van der Waals surface area contributed by atoms with Gasteiger partial charge in [0.25, 0.3) is 0 Å². The topological polar surface area (TPSA) is 43.8 Å². The molecule has 0 atom stereocenters. The third-order valence-corrected chi connectivity index (χ3v) is 4.47. The number of pyridine rings is 1. The SMILES string of the molecule is COc1cc(-c2cc(C)c3cc(N(C)C)ccc3n2)cc2c1OCO2. The van der Waals surface area contributed by atoms with Crippen molar-refractivity contribution in [1.82, 2.24) is 4.98 Å². The molecule has 2 heterocycles. The van der Waals surface area contributed by atoms with Gasteiger partial charge >= 0.3 is 0 Å². The van der Waals surface area contributed by atoms with Crippen molar-refractivity contribution in [3.05, 3.63) is 42.0 Å². The minimum absolute atomic E-state index is 0.215. The Balaban J connectivity index is 1.86. The number of aromatic nitrogens is 1. The van der Waals surface area contributed by atoms with Crippen LogP contribution in [0.15, 0.2) is 36.4 Å². The summed E-state index contributed by atoms with van der Waals surface area (Å²) in [6.45, 7) is 2.32. The van der Waals surface area contributed by atoms with Gasteiger partial charge in [0.2, 0.25) is 12.5 Å². The molecule has 0 unspecified atom stereocenters. The van der Waals surface area contributed by atoms with Crippen LogP contribution in [-0.2, 0) is 0 Å². The van der Waals surface area contributed by atoms with Gasteiger partial charge < -0.3 is 19.1 Å². The largest absolute Gasteiger partial charge is 0.493 e. The van der Waals surface area contributed by atoms with E-state index >= 15 is 0 Å². The summed E-state index contributed by atoms with van der Waals surface area (Å²) in [6.07, 6.45) is 0. The van der Waals surface area contributed by atoms with Crippen molar-refractivity contribution in [3.8, 4) is 28.5 Å². The molecule has 1 aliphatic rings. The van der Waals surface area contributed by atoms with Crippen LogP contribution in [0.5, 0.6) is 17.2 Å². The molecule has 1 aliphatic heterocycles. The maximum absolute atomic E-state index is 5.53. The molecule has 0 spiro atoms. The van der Waals surface area contributed by atoms with E-state index < -0.39 is 0 Å². The fourth-order valence-corrected chi connectivity index (χ4v) is 3.09. The second-order valence-electron chi connectivity index (χ2n) is 6.33. The summed E-state index contributed by atoms with van der Waals surface area (Å²) in [6, 6.07) is 12.3. The van der Waals surface area contributed by atoms with E-state index in [9.17, 15) is 0 Å². The second-order valence-corrected chi connectivity index (χ2v) is 6.33. The van der Waals surface area contributed by atoms with Gasteiger partial charge in [-0.2, -0.15) is 0 Å². The Morgan fingerprint density at radius 1 is 1.08 bits per heavy atom. The first kappa shape index (κ1) is 15.6. The Morgan fingerprint density at radius 2 is 1.92 bits per heavy atom. The van der Waals surface area contributed by atoms with Crippen molar-refractivity contribution in [3.63, 3.8) is 0 Å². The molecule has 5 heteroatoms. The van der Waals surface area contributed by atoms with Crippen LogP contribution >= 0.6 is 0 Å². The lowest BCUT2D eigenvalue weighted by atomic mass is 10.0. The lowest BCUT2D eigenvalue weighted by Crippen LogP contribution is -2.08. The van der Waals surface area contributed by atoms with Gasteiger partial charge in [0.15, 0.2) is 11.5 Å². The summed E-state index contributed by atoms with van der Waals surface area (Å²) >= 11 is 0. The van der Waals surface area contributed by atoms with Crippen LogP contribution in [0.1, 0.15) is 5.56 Å². The van der Waals surface area contributed by atoms with Crippen molar-refractivity contribution in [2.45, 2.75) is 6.92 Å². The molecule has 0 saturated heterocycles. The van der Waals surface area contributed by atoms with E-state index in [1.165, 1.54) is 5.56 Å². The second kappa shape index (κ2) is 5.84. The molecule has 25 heavy (non-hydrogen) atoms. The Kier molecular flexibility index (Phi) is 3.64. The number of ether oxygens (including phenoxy) is 3. The molecule has 5 nitrogen and oxygen atoms in total. The van der Waals surface area contributed by atoms with E-state index in [0.717, 1.165) is 27.8 Å².